The van der Waals surface area contributed by atoms with Gasteiger partial charge in [0, 0.05) is 31.6 Å². The van der Waals surface area contributed by atoms with Gasteiger partial charge in [0.15, 0.2) is 17.8 Å². The first-order valence-electron chi connectivity index (χ1n) is 13.7. The van der Waals surface area contributed by atoms with Gasteiger partial charge < -0.3 is 33.9 Å². The molecule has 0 radical (unpaired) electrons. The number of rotatable bonds is 5. The minimum absolute atomic E-state index is 0.0940. The maximum Gasteiger partial charge on any atom is 0.312 e. The molecule has 0 aromatic heterocycles. The normalized spacial score (nSPS) is 46.2. The number of halogens is 1. The number of hydrogen-bond acceptors (Lipinski definition) is 11. The molecule has 0 spiro atoms. The molecule has 2 saturated heterocycles. The third-order valence-corrected chi connectivity index (χ3v) is 9.75. The molecule has 2 heterocycles. The quantitative estimate of drug-likeness (QED) is 0.159. The summed E-state index contributed by atoms with van der Waals surface area (Å²) in [5.41, 5.74) is -5.17. The molecule has 4 aliphatic rings. The SMILES string of the molecule is C=C1CCC(OC(C)=O)C2(C)C3OC3C(OC(=O)CCC)C(C)(O)C2C(OC(C)=O)C2(O)C(C)C(=O)OC2C1Cl. The number of esters is 4. The topological polar surface area (TPSA) is 158 Å². The van der Waals surface area contributed by atoms with Crippen molar-refractivity contribution in [2.75, 3.05) is 0 Å². The van der Waals surface area contributed by atoms with Crippen LogP contribution in [0.5, 0.6) is 0 Å². The van der Waals surface area contributed by atoms with E-state index < -0.39 is 94.3 Å². The lowest BCUT2D eigenvalue weighted by Gasteiger charge is -2.57. The summed E-state index contributed by atoms with van der Waals surface area (Å²) in [4.78, 5) is 50.6. The number of epoxide rings is 1. The van der Waals surface area contributed by atoms with Crippen molar-refractivity contribution in [3.63, 3.8) is 0 Å². The van der Waals surface area contributed by atoms with E-state index in [1.807, 2.05) is 0 Å². The molecule has 12 atom stereocenters. The molecule has 4 rings (SSSR count). The Morgan fingerprint density at radius 3 is 2.27 bits per heavy atom. The van der Waals surface area contributed by atoms with Gasteiger partial charge in [-0.05, 0) is 33.1 Å². The molecule has 11 nitrogen and oxygen atoms in total. The van der Waals surface area contributed by atoms with E-state index in [0.29, 0.717) is 12.0 Å². The van der Waals surface area contributed by atoms with Gasteiger partial charge in [-0.3, -0.25) is 19.2 Å². The molecule has 40 heavy (non-hydrogen) atoms. The average Bonchev–Trinajstić information content (AvgIpc) is 3.62. The van der Waals surface area contributed by atoms with Crippen LogP contribution in [0.4, 0.5) is 0 Å². The maximum absolute atomic E-state index is 13.0. The van der Waals surface area contributed by atoms with Gasteiger partial charge in [0.25, 0.3) is 0 Å². The third-order valence-electron chi connectivity index (χ3n) is 9.21. The highest BCUT2D eigenvalue weighted by molar-refractivity contribution is 6.23. The fraction of sp³-hybridized carbons (Fsp3) is 0.786. The first kappa shape index (κ1) is 30.7. The highest BCUT2D eigenvalue weighted by atomic mass is 35.5. The molecule has 2 aliphatic carbocycles. The Balaban J connectivity index is 1.98. The van der Waals surface area contributed by atoms with E-state index >= 15 is 0 Å². The highest BCUT2D eigenvalue weighted by Crippen LogP contribution is 2.63. The van der Waals surface area contributed by atoms with Crippen molar-refractivity contribution >= 4 is 35.5 Å². The van der Waals surface area contributed by atoms with E-state index in [1.165, 1.54) is 20.8 Å². The number of hydrogen-bond donors (Lipinski definition) is 2. The molecule has 2 aliphatic heterocycles. The number of aliphatic hydroxyl groups is 2. The predicted molar refractivity (Wildman–Crippen MR) is 139 cm³/mol. The largest absolute Gasteiger partial charge is 0.462 e. The molecule has 0 amide bonds. The lowest BCUT2D eigenvalue weighted by atomic mass is 9.52. The first-order chi connectivity index (χ1) is 18.5. The number of alkyl halides is 1. The summed E-state index contributed by atoms with van der Waals surface area (Å²) in [5, 5.41) is 23.7. The molecular formula is C28H39ClO11. The van der Waals surface area contributed by atoms with Crippen LogP contribution >= 0.6 is 11.6 Å². The highest BCUT2D eigenvalue weighted by Gasteiger charge is 2.79. The van der Waals surface area contributed by atoms with E-state index in [9.17, 15) is 29.4 Å². The van der Waals surface area contributed by atoms with Crippen molar-refractivity contribution in [2.45, 2.75) is 120 Å². The van der Waals surface area contributed by atoms with Crippen LogP contribution in [0.25, 0.3) is 0 Å². The van der Waals surface area contributed by atoms with Crippen molar-refractivity contribution < 1.29 is 53.1 Å². The lowest BCUT2D eigenvalue weighted by Crippen LogP contribution is -2.73. The van der Waals surface area contributed by atoms with Gasteiger partial charge in [-0.25, -0.2) is 0 Å². The summed E-state index contributed by atoms with van der Waals surface area (Å²) in [6.45, 7) is 12.8. The van der Waals surface area contributed by atoms with Crippen molar-refractivity contribution in [1.82, 2.24) is 0 Å². The molecular weight excluding hydrogens is 548 g/mol. The minimum Gasteiger partial charge on any atom is -0.462 e. The zero-order chi connectivity index (χ0) is 29.9. The maximum atomic E-state index is 13.0. The number of carbonyl (C=O) groups is 4. The molecule has 0 aromatic carbocycles. The Bertz CT molecular complexity index is 1090. The van der Waals surface area contributed by atoms with E-state index in [-0.39, 0.29) is 19.3 Å². The molecule has 2 saturated carbocycles. The Morgan fingerprint density at radius 1 is 1.07 bits per heavy atom. The van der Waals surface area contributed by atoms with Crippen LogP contribution in [0.2, 0.25) is 0 Å². The van der Waals surface area contributed by atoms with Crippen molar-refractivity contribution in [2.24, 2.45) is 17.3 Å². The van der Waals surface area contributed by atoms with Crippen LogP contribution < -0.4 is 0 Å². The minimum atomic E-state index is -2.26. The summed E-state index contributed by atoms with van der Waals surface area (Å²) >= 11 is 6.76. The predicted octanol–water partition coefficient (Wildman–Crippen LogP) is 1.97. The molecule has 4 fully saturated rings. The van der Waals surface area contributed by atoms with Gasteiger partial charge >= 0.3 is 23.9 Å². The average molecular weight is 587 g/mol. The second kappa shape index (κ2) is 10.6. The standard InChI is InChI=1S/C28H39ClO11/c1-8-9-17(32)38-23-19-22(39-19)26(6)16(36-14(4)30)11-10-12(2)18(29)21-28(35,13(3)25(33)40-21)24(37-15(5)31)20(26)27(23,7)34/h13,16,18-24,34-35H,2,8-11H2,1,3-7H3. The molecule has 0 bridgehead atoms. The zero-order valence-electron chi connectivity index (χ0n) is 23.7. The second-order valence-electron chi connectivity index (χ2n) is 11.9. The Kier molecular flexibility index (Phi) is 8.12. The van der Waals surface area contributed by atoms with Crippen LogP contribution in [0.3, 0.4) is 0 Å². The summed E-state index contributed by atoms with van der Waals surface area (Å²) in [5.74, 6) is -5.30. The van der Waals surface area contributed by atoms with Crippen LogP contribution in [-0.4, -0.2) is 87.3 Å². The van der Waals surface area contributed by atoms with Crippen LogP contribution in [0, 0.1) is 17.3 Å². The number of carbonyl (C=O) groups excluding carboxylic acids is 4. The smallest absolute Gasteiger partial charge is 0.312 e. The van der Waals surface area contributed by atoms with E-state index in [0.717, 1.165) is 6.92 Å². The van der Waals surface area contributed by atoms with Crippen LogP contribution in [0.15, 0.2) is 12.2 Å². The molecule has 12 heteroatoms. The van der Waals surface area contributed by atoms with E-state index in [2.05, 4.69) is 6.58 Å². The monoisotopic (exact) mass is 586 g/mol. The van der Waals surface area contributed by atoms with Gasteiger partial charge in [0.05, 0.1) is 17.4 Å². The van der Waals surface area contributed by atoms with Crippen molar-refractivity contribution in [3.05, 3.63) is 12.2 Å². The number of ether oxygens (including phenoxy) is 5. The molecule has 12 unspecified atom stereocenters. The van der Waals surface area contributed by atoms with Gasteiger partial charge in [-0.1, -0.05) is 26.0 Å². The van der Waals surface area contributed by atoms with Gasteiger partial charge in [0.2, 0.25) is 0 Å². The Labute approximate surface area is 238 Å². The van der Waals surface area contributed by atoms with Crippen molar-refractivity contribution in [3.8, 4) is 0 Å². The second-order valence-corrected chi connectivity index (χ2v) is 12.4. The summed E-state index contributed by atoms with van der Waals surface area (Å²) in [7, 11) is 0. The zero-order valence-corrected chi connectivity index (χ0v) is 24.4. The Hall–Kier alpha value is -2.21. The summed E-state index contributed by atoms with van der Waals surface area (Å²) < 4.78 is 29.0. The van der Waals surface area contributed by atoms with E-state index in [1.54, 1.807) is 13.8 Å². The Morgan fingerprint density at radius 2 is 1.70 bits per heavy atom. The number of fused-ring (bicyclic) bond motifs is 4. The first-order valence-corrected chi connectivity index (χ1v) is 14.1. The van der Waals surface area contributed by atoms with Gasteiger partial charge in [0.1, 0.15) is 23.9 Å². The molecule has 224 valence electrons. The van der Waals surface area contributed by atoms with Gasteiger partial charge in [-0.15, -0.1) is 11.6 Å². The fourth-order valence-corrected chi connectivity index (χ4v) is 7.57. The van der Waals surface area contributed by atoms with Crippen LogP contribution in [0.1, 0.15) is 67.2 Å². The van der Waals surface area contributed by atoms with Gasteiger partial charge in [-0.2, -0.15) is 0 Å². The third kappa shape index (κ3) is 4.72. The fourth-order valence-electron chi connectivity index (χ4n) is 7.21. The van der Waals surface area contributed by atoms with Crippen LogP contribution in [-0.2, 0) is 42.9 Å². The summed E-state index contributed by atoms with van der Waals surface area (Å²) in [6, 6.07) is 0. The summed E-state index contributed by atoms with van der Waals surface area (Å²) in [6.07, 6.45) is -5.65. The van der Waals surface area contributed by atoms with E-state index in [4.69, 9.17) is 35.3 Å². The molecule has 0 aromatic rings. The molecule has 2 N–H and O–H groups in total. The van der Waals surface area contributed by atoms with Crippen molar-refractivity contribution in [1.29, 1.82) is 0 Å². The lowest BCUT2D eigenvalue weighted by molar-refractivity contribution is -0.262.